The molecule has 1 N–H and O–H groups in total. The number of nitrogens with zero attached hydrogens (tertiary/aromatic N) is 1. The second-order valence-electron chi connectivity index (χ2n) is 5.46. The van der Waals surface area contributed by atoms with Crippen molar-refractivity contribution in [3.05, 3.63) is 25.8 Å². The van der Waals surface area contributed by atoms with Gasteiger partial charge in [-0.1, -0.05) is 0 Å². The quantitative estimate of drug-likeness (QED) is 0.596. The molecule has 0 aliphatic carbocycles. The topological polar surface area (TPSA) is 49.4 Å². The molecule has 0 unspecified atom stereocenters. The van der Waals surface area contributed by atoms with Gasteiger partial charge in [0.2, 0.25) is 0 Å². The monoisotopic (exact) mass is 426 g/mol. The number of nitrogens with one attached hydrogen (secondary N) is 1. The molecule has 7 heteroatoms. The van der Waals surface area contributed by atoms with Crippen LogP contribution in [-0.2, 0) is 16.8 Å². The highest BCUT2D eigenvalue weighted by atomic mass is 127. The Bertz CT molecular complexity index is 656. The number of hydrogen-bond acceptors (Lipinski definition) is 4. The van der Waals surface area contributed by atoms with Crippen LogP contribution in [0.5, 0.6) is 0 Å². The third-order valence-electron chi connectivity index (χ3n) is 4.08. The lowest BCUT2D eigenvalue weighted by atomic mass is 9.99. The Balaban J connectivity index is 2.52. The van der Waals surface area contributed by atoms with Crippen LogP contribution in [0.25, 0.3) is 0 Å². The van der Waals surface area contributed by atoms with Crippen molar-refractivity contribution in [2.45, 2.75) is 32.2 Å². The third-order valence-corrected chi connectivity index (χ3v) is 6.80. The van der Waals surface area contributed by atoms with E-state index in [4.69, 9.17) is 0 Å². The summed E-state index contributed by atoms with van der Waals surface area (Å²) in [7, 11) is -4.70. The molecule has 0 atom stereocenters. The van der Waals surface area contributed by atoms with Crippen LogP contribution in [-0.4, -0.2) is 39.5 Å². The van der Waals surface area contributed by atoms with Crippen molar-refractivity contribution in [1.29, 1.82) is 0 Å². The summed E-state index contributed by atoms with van der Waals surface area (Å²) in [6.45, 7) is 9.71. The van der Waals surface area contributed by atoms with E-state index in [9.17, 15) is 12.3 Å². The second-order valence-corrected chi connectivity index (χ2v) is 7.82. The minimum atomic E-state index is -4.70. The standard InChI is InChI=1S/C14H20FIN2O2S/c1-9-12(8-18-6-4-17-5-7-18)10(2)14(21(15,19)20)11(3)13(9)16/h17H,4-8H2,1-3H3. The van der Waals surface area contributed by atoms with E-state index in [1.807, 2.05) is 6.92 Å². The highest BCUT2D eigenvalue weighted by Crippen LogP contribution is 2.33. The second kappa shape index (κ2) is 6.47. The zero-order valence-corrected chi connectivity index (χ0v) is 15.4. The summed E-state index contributed by atoms with van der Waals surface area (Å²) in [5.41, 5.74) is 3.04. The van der Waals surface area contributed by atoms with Crippen LogP contribution in [0, 0.1) is 24.3 Å². The lowest BCUT2D eigenvalue weighted by Crippen LogP contribution is -2.43. The summed E-state index contributed by atoms with van der Waals surface area (Å²) >= 11 is 2.11. The first kappa shape index (κ1) is 17.1. The summed E-state index contributed by atoms with van der Waals surface area (Å²) in [6.07, 6.45) is 0. The average Bonchev–Trinajstić information content (AvgIpc) is 2.41. The molecule has 0 amide bonds. The first-order chi connectivity index (χ1) is 9.73. The van der Waals surface area contributed by atoms with E-state index >= 15 is 0 Å². The lowest BCUT2D eigenvalue weighted by Gasteiger charge is -2.29. The van der Waals surface area contributed by atoms with Gasteiger partial charge >= 0.3 is 10.2 Å². The summed E-state index contributed by atoms with van der Waals surface area (Å²) in [5.74, 6) is 0. The van der Waals surface area contributed by atoms with Gasteiger partial charge in [-0.2, -0.15) is 8.42 Å². The highest BCUT2D eigenvalue weighted by molar-refractivity contribution is 14.1. The summed E-state index contributed by atoms with van der Waals surface area (Å²) in [6, 6.07) is 0. The number of halogens is 2. The zero-order chi connectivity index (χ0) is 15.8. The molecule has 0 radical (unpaired) electrons. The molecule has 21 heavy (non-hydrogen) atoms. The molecule has 1 fully saturated rings. The van der Waals surface area contributed by atoms with Crippen LogP contribution in [0.2, 0.25) is 0 Å². The molecule has 1 heterocycles. The van der Waals surface area contributed by atoms with Gasteiger partial charge in [0.1, 0.15) is 4.90 Å². The summed E-state index contributed by atoms with van der Waals surface area (Å²) < 4.78 is 37.5. The average molecular weight is 426 g/mol. The van der Waals surface area contributed by atoms with Crippen LogP contribution >= 0.6 is 22.6 Å². The number of piperazine rings is 1. The molecule has 1 aliphatic heterocycles. The Morgan fingerprint density at radius 2 is 1.71 bits per heavy atom. The van der Waals surface area contributed by atoms with Crippen molar-refractivity contribution in [2.24, 2.45) is 0 Å². The molecule has 0 bridgehead atoms. The van der Waals surface area contributed by atoms with Gasteiger partial charge in [0.15, 0.2) is 0 Å². The molecule has 1 aromatic rings. The van der Waals surface area contributed by atoms with Gasteiger partial charge in [0, 0.05) is 36.3 Å². The summed E-state index contributed by atoms with van der Waals surface area (Å²) in [5, 5.41) is 3.29. The molecule has 4 nitrogen and oxygen atoms in total. The minimum absolute atomic E-state index is 0.150. The van der Waals surface area contributed by atoms with E-state index in [0.717, 1.165) is 40.9 Å². The molecule has 1 aliphatic rings. The van der Waals surface area contributed by atoms with E-state index in [0.29, 0.717) is 17.7 Å². The van der Waals surface area contributed by atoms with Gasteiger partial charge in [-0.15, -0.1) is 3.89 Å². The Labute approximate surface area is 139 Å². The third kappa shape index (κ3) is 3.57. The molecule has 0 spiro atoms. The number of hydrogen-bond donors (Lipinski definition) is 1. The first-order valence-corrected chi connectivity index (χ1v) is 9.35. The maximum absolute atomic E-state index is 13.7. The van der Waals surface area contributed by atoms with Crippen molar-refractivity contribution >= 4 is 32.8 Å². The predicted octanol–water partition coefficient (Wildman–Crippen LogP) is 2.28. The maximum Gasteiger partial charge on any atom is 0.332 e. The molecular formula is C14H20FIN2O2S. The molecule has 118 valence electrons. The van der Waals surface area contributed by atoms with Crippen molar-refractivity contribution < 1.29 is 12.3 Å². The zero-order valence-electron chi connectivity index (χ0n) is 12.5. The van der Waals surface area contributed by atoms with Crippen molar-refractivity contribution in [1.82, 2.24) is 10.2 Å². The maximum atomic E-state index is 13.7. The molecule has 2 rings (SSSR count). The van der Waals surface area contributed by atoms with Crippen molar-refractivity contribution in [2.75, 3.05) is 26.2 Å². The Morgan fingerprint density at radius 3 is 2.24 bits per heavy atom. The molecule has 1 aromatic carbocycles. The normalized spacial score (nSPS) is 17.2. The Hall–Kier alpha value is -0.250. The van der Waals surface area contributed by atoms with E-state index < -0.39 is 10.2 Å². The van der Waals surface area contributed by atoms with Gasteiger partial charge in [0.25, 0.3) is 0 Å². The largest absolute Gasteiger partial charge is 0.332 e. The van der Waals surface area contributed by atoms with Gasteiger partial charge in [-0.25, -0.2) is 0 Å². The number of rotatable bonds is 3. The molecule has 1 saturated heterocycles. The van der Waals surface area contributed by atoms with Crippen LogP contribution in [0.3, 0.4) is 0 Å². The highest BCUT2D eigenvalue weighted by Gasteiger charge is 2.25. The lowest BCUT2D eigenvalue weighted by molar-refractivity contribution is 0.232. The van der Waals surface area contributed by atoms with Crippen LogP contribution < -0.4 is 5.32 Å². The number of benzene rings is 1. The van der Waals surface area contributed by atoms with Gasteiger partial charge in [0.05, 0.1) is 0 Å². The Morgan fingerprint density at radius 1 is 1.14 bits per heavy atom. The van der Waals surface area contributed by atoms with Crippen LogP contribution in [0.1, 0.15) is 22.3 Å². The smallest absolute Gasteiger partial charge is 0.314 e. The SMILES string of the molecule is Cc1c(I)c(C)c(S(=O)(=O)F)c(C)c1CN1CCNCC1. The van der Waals surface area contributed by atoms with Gasteiger partial charge in [-0.3, -0.25) is 4.90 Å². The fourth-order valence-corrected chi connectivity index (χ4v) is 4.64. The fraction of sp³-hybridized carbons (Fsp3) is 0.571. The van der Waals surface area contributed by atoms with Gasteiger partial charge < -0.3 is 5.32 Å². The van der Waals surface area contributed by atoms with Crippen LogP contribution in [0.4, 0.5) is 3.89 Å². The van der Waals surface area contributed by atoms with Crippen molar-refractivity contribution in [3.8, 4) is 0 Å². The molecule has 0 aromatic heterocycles. The molecular weight excluding hydrogens is 406 g/mol. The fourth-order valence-electron chi connectivity index (χ4n) is 2.91. The minimum Gasteiger partial charge on any atom is -0.314 e. The van der Waals surface area contributed by atoms with Crippen molar-refractivity contribution in [3.63, 3.8) is 0 Å². The summed E-state index contributed by atoms with van der Waals surface area (Å²) in [4.78, 5) is 2.12. The predicted molar refractivity (Wildman–Crippen MR) is 89.8 cm³/mol. The van der Waals surface area contributed by atoms with E-state index in [1.165, 1.54) is 0 Å². The Kier molecular flexibility index (Phi) is 5.27. The van der Waals surface area contributed by atoms with E-state index in [2.05, 4.69) is 32.8 Å². The van der Waals surface area contributed by atoms with Gasteiger partial charge in [-0.05, 0) is 65.6 Å². The molecule has 0 saturated carbocycles. The first-order valence-electron chi connectivity index (χ1n) is 6.89. The van der Waals surface area contributed by atoms with Crippen LogP contribution in [0.15, 0.2) is 4.90 Å². The van der Waals surface area contributed by atoms with E-state index in [1.54, 1.807) is 13.8 Å². The van der Waals surface area contributed by atoms with E-state index in [-0.39, 0.29) is 4.90 Å².